The van der Waals surface area contributed by atoms with E-state index in [9.17, 15) is 0 Å². The second-order valence-electron chi connectivity index (χ2n) is 7.82. The van der Waals surface area contributed by atoms with Gasteiger partial charge < -0.3 is 5.32 Å². The van der Waals surface area contributed by atoms with Crippen molar-refractivity contribution in [3.8, 4) is 0 Å². The van der Waals surface area contributed by atoms with Crippen molar-refractivity contribution < 1.29 is 0 Å². The molecule has 0 fully saturated rings. The highest BCUT2D eigenvalue weighted by Gasteiger charge is 2.07. The largest absolute Gasteiger partial charge is 0.314 e. The minimum atomic E-state index is 0.792. The van der Waals surface area contributed by atoms with Crippen molar-refractivity contribution in [2.75, 3.05) is 6.54 Å². The SMILES string of the molecule is CCCCCCCCCCNC(CCCC)CCCCCCCC. The first-order chi connectivity index (χ1) is 11.8. The van der Waals surface area contributed by atoms with Gasteiger partial charge in [-0.3, -0.25) is 0 Å². The molecule has 0 saturated heterocycles. The molecule has 0 aromatic heterocycles. The van der Waals surface area contributed by atoms with Crippen LogP contribution >= 0.6 is 0 Å². The van der Waals surface area contributed by atoms with Crippen molar-refractivity contribution in [1.29, 1.82) is 0 Å². The van der Waals surface area contributed by atoms with Crippen LogP contribution in [0.2, 0.25) is 0 Å². The van der Waals surface area contributed by atoms with Crippen molar-refractivity contribution in [1.82, 2.24) is 5.32 Å². The van der Waals surface area contributed by atoms with Crippen LogP contribution in [0.25, 0.3) is 0 Å². The standard InChI is InChI=1S/C23H49N/c1-4-7-10-12-14-15-17-19-22-24-23(20-9-6-3)21-18-16-13-11-8-5-2/h23-24H,4-22H2,1-3H3. The molecule has 0 bridgehead atoms. The molecule has 0 amide bonds. The van der Waals surface area contributed by atoms with Crippen LogP contribution in [0.3, 0.4) is 0 Å². The fourth-order valence-corrected chi connectivity index (χ4v) is 3.54. The van der Waals surface area contributed by atoms with Crippen LogP contribution in [0, 0.1) is 0 Å². The third-order valence-electron chi connectivity index (χ3n) is 5.28. The van der Waals surface area contributed by atoms with E-state index >= 15 is 0 Å². The van der Waals surface area contributed by atoms with Gasteiger partial charge in [-0.1, -0.05) is 117 Å². The first-order valence-electron chi connectivity index (χ1n) is 11.6. The summed E-state index contributed by atoms with van der Waals surface area (Å²) in [5.74, 6) is 0. The lowest BCUT2D eigenvalue weighted by molar-refractivity contribution is 0.412. The highest BCUT2D eigenvalue weighted by atomic mass is 14.9. The van der Waals surface area contributed by atoms with Crippen LogP contribution in [0.5, 0.6) is 0 Å². The number of unbranched alkanes of at least 4 members (excludes halogenated alkanes) is 13. The zero-order valence-corrected chi connectivity index (χ0v) is 17.5. The Morgan fingerprint density at radius 3 is 1.42 bits per heavy atom. The molecule has 24 heavy (non-hydrogen) atoms. The Hall–Kier alpha value is -0.0400. The Labute approximate surface area is 154 Å². The number of nitrogens with one attached hydrogen (secondary N) is 1. The van der Waals surface area contributed by atoms with E-state index in [1.165, 1.54) is 122 Å². The molecule has 0 aromatic rings. The van der Waals surface area contributed by atoms with Crippen LogP contribution in [0.4, 0.5) is 0 Å². The van der Waals surface area contributed by atoms with Crippen molar-refractivity contribution >= 4 is 0 Å². The smallest absolute Gasteiger partial charge is 0.00670 e. The Morgan fingerprint density at radius 1 is 0.458 bits per heavy atom. The fraction of sp³-hybridized carbons (Fsp3) is 1.00. The molecule has 1 N–H and O–H groups in total. The van der Waals surface area contributed by atoms with E-state index in [-0.39, 0.29) is 0 Å². The number of rotatable bonds is 20. The van der Waals surface area contributed by atoms with E-state index in [0.29, 0.717) is 0 Å². The summed E-state index contributed by atoms with van der Waals surface area (Å²) in [4.78, 5) is 0. The van der Waals surface area contributed by atoms with Gasteiger partial charge in [0.1, 0.15) is 0 Å². The summed E-state index contributed by atoms with van der Waals surface area (Å²) in [6, 6.07) is 0.792. The van der Waals surface area contributed by atoms with Gasteiger partial charge in [0, 0.05) is 6.04 Å². The second kappa shape index (κ2) is 21.0. The summed E-state index contributed by atoms with van der Waals surface area (Å²) in [6.07, 6.45) is 25.5. The molecule has 1 unspecified atom stereocenters. The highest BCUT2D eigenvalue weighted by Crippen LogP contribution is 2.13. The minimum absolute atomic E-state index is 0.792. The topological polar surface area (TPSA) is 12.0 Å². The first-order valence-corrected chi connectivity index (χ1v) is 11.6. The summed E-state index contributed by atoms with van der Waals surface area (Å²) in [7, 11) is 0. The average molecular weight is 340 g/mol. The zero-order chi connectivity index (χ0) is 17.7. The van der Waals surface area contributed by atoms with Crippen LogP contribution in [-0.4, -0.2) is 12.6 Å². The monoisotopic (exact) mass is 339 g/mol. The third-order valence-corrected chi connectivity index (χ3v) is 5.28. The van der Waals surface area contributed by atoms with Gasteiger partial charge >= 0.3 is 0 Å². The number of hydrogen-bond donors (Lipinski definition) is 1. The molecular formula is C23H49N. The van der Waals surface area contributed by atoms with E-state index in [2.05, 4.69) is 26.1 Å². The summed E-state index contributed by atoms with van der Waals surface area (Å²) >= 11 is 0. The molecule has 0 spiro atoms. The van der Waals surface area contributed by atoms with E-state index in [1.54, 1.807) is 0 Å². The predicted octanol–water partition coefficient (Wildman–Crippen LogP) is 8.03. The molecule has 1 nitrogen and oxygen atoms in total. The van der Waals surface area contributed by atoms with Gasteiger partial charge in [0.2, 0.25) is 0 Å². The van der Waals surface area contributed by atoms with E-state index < -0.39 is 0 Å². The maximum atomic E-state index is 3.87. The predicted molar refractivity (Wildman–Crippen MR) is 112 cm³/mol. The lowest BCUT2D eigenvalue weighted by Crippen LogP contribution is -2.30. The Morgan fingerprint density at radius 2 is 0.875 bits per heavy atom. The van der Waals surface area contributed by atoms with Crippen molar-refractivity contribution in [3.63, 3.8) is 0 Å². The summed E-state index contributed by atoms with van der Waals surface area (Å²) in [5, 5.41) is 3.87. The zero-order valence-electron chi connectivity index (χ0n) is 17.5. The summed E-state index contributed by atoms with van der Waals surface area (Å²) in [6.45, 7) is 8.17. The Balaban J connectivity index is 3.53. The highest BCUT2D eigenvalue weighted by molar-refractivity contribution is 4.67. The van der Waals surface area contributed by atoms with Gasteiger partial charge in [-0.25, -0.2) is 0 Å². The van der Waals surface area contributed by atoms with E-state index in [1.807, 2.05) is 0 Å². The molecule has 0 rings (SSSR count). The normalized spacial score (nSPS) is 12.6. The van der Waals surface area contributed by atoms with Crippen LogP contribution in [0.1, 0.15) is 136 Å². The van der Waals surface area contributed by atoms with Crippen molar-refractivity contribution in [2.45, 2.75) is 142 Å². The number of hydrogen-bond acceptors (Lipinski definition) is 1. The van der Waals surface area contributed by atoms with Crippen molar-refractivity contribution in [3.05, 3.63) is 0 Å². The Bertz CT molecular complexity index is 214. The van der Waals surface area contributed by atoms with Crippen LogP contribution < -0.4 is 5.32 Å². The van der Waals surface area contributed by atoms with Crippen LogP contribution in [0.15, 0.2) is 0 Å². The second-order valence-corrected chi connectivity index (χ2v) is 7.82. The molecule has 1 atom stereocenters. The molecule has 0 aliphatic rings. The van der Waals surface area contributed by atoms with Crippen molar-refractivity contribution in [2.24, 2.45) is 0 Å². The van der Waals surface area contributed by atoms with Crippen LogP contribution in [-0.2, 0) is 0 Å². The van der Waals surface area contributed by atoms with E-state index in [0.717, 1.165) is 6.04 Å². The molecule has 1 heteroatoms. The van der Waals surface area contributed by atoms with Gasteiger partial charge in [-0.05, 0) is 25.8 Å². The van der Waals surface area contributed by atoms with E-state index in [4.69, 9.17) is 0 Å². The maximum absolute atomic E-state index is 3.87. The molecule has 0 aromatic carbocycles. The molecule has 146 valence electrons. The molecule has 0 aliphatic carbocycles. The molecule has 0 radical (unpaired) electrons. The quantitative estimate of drug-likeness (QED) is 0.221. The molecule has 0 heterocycles. The average Bonchev–Trinajstić information content (AvgIpc) is 2.60. The lowest BCUT2D eigenvalue weighted by Gasteiger charge is -2.18. The van der Waals surface area contributed by atoms with Gasteiger partial charge in [-0.15, -0.1) is 0 Å². The van der Waals surface area contributed by atoms with Gasteiger partial charge in [0.05, 0.1) is 0 Å². The van der Waals surface area contributed by atoms with Gasteiger partial charge in [0.25, 0.3) is 0 Å². The summed E-state index contributed by atoms with van der Waals surface area (Å²) in [5.41, 5.74) is 0. The maximum Gasteiger partial charge on any atom is 0.00670 e. The summed E-state index contributed by atoms with van der Waals surface area (Å²) < 4.78 is 0. The molecular weight excluding hydrogens is 290 g/mol. The molecule has 0 aliphatic heterocycles. The third kappa shape index (κ3) is 18.3. The van der Waals surface area contributed by atoms with Gasteiger partial charge in [0.15, 0.2) is 0 Å². The first kappa shape index (κ1) is 24.0. The minimum Gasteiger partial charge on any atom is -0.314 e. The van der Waals surface area contributed by atoms with Gasteiger partial charge in [-0.2, -0.15) is 0 Å². The lowest BCUT2D eigenvalue weighted by atomic mass is 10.0. The fourth-order valence-electron chi connectivity index (χ4n) is 3.54. The molecule has 0 saturated carbocycles. The Kier molecular flexibility index (Phi) is 21.0.